The molecule has 1 saturated carbocycles. The van der Waals surface area contributed by atoms with E-state index >= 15 is 0 Å². The van der Waals surface area contributed by atoms with E-state index < -0.39 is 0 Å². The molecule has 106 valence electrons. The predicted octanol–water partition coefficient (Wildman–Crippen LogP) is 4.87. The van der Waals surface area contributed by atoms with E-state index in [0.717, 1.165) is 44.9 Å². The fourth-order valence-corrected chi connectivity index (χ4v) is 4.45. The minimum absolute atomic E-state index is 0.315. The summed E-state index contributed by atoms with van der Waals surface area (Å²) in [6.45, 7) is 5.16. The van der Waals surface area contributed by atoms with E-state index in [1.54, 1.807) is 0 Å². The number of halogens is 2. The van der Waals surface area contributed by atoms with Crippen molar-refractivity contribution in [2.24, 2.45) is 17.6 Å². The molecular weight excluding hydrogens is 370 g/mol. The maximum atomic E-state index is 6.22. The van der Waals surface area contributed by atoms with E-state index in [2.05, 4.69) is 45.7 Å². The van der Waals surface area contributed by atoms with Crippen LogP contribution in [0.5, 0.6) is 5.75 Å². The molecular formula is C15H21Br2NO. The van der Waals surface area contributed by atoms with E-state index in [0.29, 0.717) is 12.6 Å². The highest BCUT2D eigenvalue weighted by atomic mass is 79.9. The van der Waals surface area contributed by atoms with Crippen LogP contribution in [0.3, 0.4) is 0 Å². The van der Waals surface area contributed by atoms with Gasteiger partial charge in [0.05, 0.1) is 15.0 Å². The molecule has 1 aliphatic carbocycles. The summed E-state index contributed by atoms with van der Waals surface area (Å²) in [5.74, 6) is 2.40. The Kier molecular flexibility index (Phi) is 5.32. The van der Waals surface area contributed by atoms with Crippen LogP contribution in [0.1, 0.15) is 38.7 Å². The van der Waals surface area contributed by atoms with Crippen molar-refractivity contribution in [3.63, 3.8) is 0 Å². The summed E-state index contributed by atoms with van der Waals surface area (Å²) < 4.78 is 8.18. The number of hydrogen-bond acceptors (Lipinski definition) is 2. The van der Waals surface area contributed by atoms with E-state index in [-0.39, 0.29) is 0 Å². The third-order valence-electron chi connectivity index (χ3n) is 3.71. The van der Waals surface area contributed by atoms with Gasteiger partial charge in [0, 0.05) is 6.54 Å². The molecule has 1 fully saturated rings. The minimum Gasteiger partial charge on any atom is -0.488 e. The van der Waals surface area contributed by atoms with E-state index in [1.807, 2.05) is 12.1 Å². The second-order valence-corrected chi connectivity index (χ2v) is 7.46. The fraction of sp³-hybridized carbons (Fsp3) is 0.600. The van der Waals surface area contributed by atoms with Crippen molar-refractivity contribution in [2.45, 2.75) is 45.8 Å². The Bertz CT molecular complexity index is 417. The third kappa shape index (κ3) is 3.96. The topological polar surface area (TPSA) is 35.2 Å². The molecule has 2 nitrogen and oxygen atoms in total. The van der Waals surface area contributed by atoms with Gasteiger partial charge in [-0.3, -0.25) is 0 Å². The molecule has 0 aromatic heterocycles. The number of nitrogens with two attached hydrogens (primary N) is 1. The molecule has 19 heavy (non-hydrogen) atoms. The van der Waals surface area contributed by atoms with Crippen molar-refractivity contribution in [2.75, 3.05) is 0 Å². The number of benzene rings is 1. The molecule has 0 aliphatic heterocycles. The summed E-state index contributed by atoms with van der Waals surface area (Å²) in [7, 11) is 0. The first-order valence-electron chi connectivity index (χ1n) is 6.84. The Hall–Kier alpha value is -0.0600. The standard InChI is InChI=1S/C15H21Br2NO/c1-9-3-10(2)5-12(4-9)19-15-13(16)6-11(8-18)7-14(15)17/h6-7,9-10,12H,3-5,8,18H2,1-2H3. The van der Waals surface area contributed by atoms with Crippen LogP contribution in [0.15, 0.2) is 21.1 Å². The average Bonchev–Trinajstić information content (AvgIpc) is 2.32. The zero-order valence-electron chi connectivity index (χ0n) is 11.5. The fourth-order valence-electron chi connectivity index (χ4n) is 2.98. The number of ether oxygens (including phenoxy) is 1. The number of hydrogen-bond donors (Lipinski definition) is 1. The van der Waals surface area contributed by atoms with Crippen molar-refractivity contribution in [3.05, 3.63) is 26.6 Å². The van der Waals surface area contributed by atoms with Gasteiger partial charge in [-0.2, -0.15) is 0 Å². The van der Waals surface area contributed by atoms with E-state index in [9.17, 15) is 0 Å². The lowest BCUT2D eigenvalue weighted by molar-refractivity contribution is 0.0996. The summed E-state index contributed by atoms with van der Waals surface area (Å²) in [6.07, 6.45) is 3.91. The van der Waals surface area contributed by atoms with Gasteiger partial charge in [0.15, 0.2) is 0 Å². The van der Waals surface area contributed by atoms with Crippen LogP contribution in [-0.2, 0) is 6.54 Å². The lowest BCUT2D eigenvalue weighted by atomic mass is 9.82. The molecule has 1 aromatic carbocycles. The second-order valence-electron chi connectivity index (χ2n) is 5.75. The summed E-state index contributed by atoms with van der Waals surface area (Å²) in [6, 6.07) is 4.07. The first-order chi connectivity index (χ1) is 8.99. The molecule has 4 heteroatoms. The van der Waals surface area contributed by atoms with Gasteiger partial charge in [0.2, 0.25) is 0 Å². The first kappa shape index (κ1) is 15.3. The zero-order chi connectivity index (χ0) is 14.0. The van der Waals surface area contributed by atoms with Gasteiger partial charge in [-0.25, -0.2) is 0 Å². The summed E-state index contributed by atoms with van der Waals surface area (Å²) >= 11 is 7.17. The Labute approximate surface area is 132 Å². The first-order valence-corrected chi connectivity index (χ1v) is 8.42. The van der Waals surface area contributed by atoms with Crippen LogP contribution in [0.4, 0.5) is 0 Å². The van der Waals surface area contributed by atoms with E-state index in [1.165, 1.54) is 6.42 Å². The molecule has 0 saturated heterocycles. The Balaban J connectivity index is 2.14. The molecule has 0 amide bonds. The van der Waals surface area contributed by atoms with Gasteiger partial charge in [0.1, 0.15) is 5.75 Å². The van der Waals surface area contributed by atoms with Gasteiger partial charge in [-0.15, -0.1) is 0 Å². The van der Waals surface area contributed by atoms with Gasteiger partial charge in [0.25, 0.3) is 0 Å². The van der Waals surface area contributed by atoms with Crippen LogP contribution in [-0.4, -0.2) is 6.10 Å². The van der Waals surface area contributed by atoms with Crippen molar-refractivity contribution in [1.82, 2.24) is 0 Å². The molecule has 0 radical (unpaired) electrons. The monoisotopic (exact) mass is 389 g/mol. The van der Waals surface area contributed by atoms with Gasteiger partial charge in [-0.1, -0.05) is 13.8 Å². The van der Waals surface area contributed by atoms with Crippen molar-refractivity contribution in [3.8, 4) is 5.75 Å². The molecule has 1 aliphatic rings. The predicted molar refractivity (Wildman–Crippen MR) is 86.3 cm³/mol. The van der Waals surface area contributed by atoms with Crippen LogP contribution in [0, 0.1) is 11.8 Å². The molecule has 2 atom stereocenters. The highest BCUT2D eigenvalue weighted by molar-refractivity contribution is 9.11. The van der Waals surface area contributed by atoms with E-state index in [4.69, 9.17) is 10.5 Å². The highest BCUT2D eigenvalue weighted by Gasteiger charge is 2.26. The molecule has 2 rings (SSSR count). The molecule has 0 bridgehead atoms. The maximum absolute atomic E-state index is 6.22. The average molecular weight is 391 g/mol. The van der Waals surface area contributed by atoms with Crippen LogP contribution >= 0.6 is 31.9 Å². The maximum Gasteiger partial charge on any atom is 0.148 e. The van der Waals surface area contributed by atoms with Gasteiger partial charge < -0.3 is 10.5 Å². The summed E-state index contributed by atoms with van der Waals surface area (Å²) in [5.41, 5.74) is 6.77. The molecule has 2 N–H and O–H groups in total. The third-order valence-corrected chi connectivity index (χ3v) is 4.89. The molecule has 0 heterocycles. The Morgan fingerprint density at radius 3 is 2.11 bits per heavy atom. The minimum atomic E-state index is 0.315. The van der Waals surface area contributed by atoms with Crippen LogP contribution in [0.25, 0.3) is 0 Å². The Morgan fingerprint density at radius 1 is 1.11 bits per heavy atom. The number of rotatable bonds is 3. The quantitative estimate of drug-likeness (QED) is 0.798. The zero-order valence-corrected chi connectivity index (χ0v) is 14.6. The second kappa shape index (κ2) is 6.59. The molecule has 0 spiro atoms. The van der Waals surface area contributed by atoms with Crippen molar-refractivity contribution < 1.29 is 4.74 Å². The lowest BCUT2D eigenvalue weighted by Gasteiger charge is -2.32. The van der Waals surface area contributed by atoms with Crippen molar-refractivity contribution in [1.29, 1.82) is 0 Å². The SMILES string of the molecule is CC1CC(C)CC(Oc2c(Br)cc(CN)cc2Br)C1. The smallest absolute Gasteiger partial charge is 0.148 e. The largest absolute Gasteiger partial charge is 0.488 e. The summed E-state index contributed by atoms with van der Waals surface area (Å²) in [4.78, 5) is 0. The lowest BCUT2D eigenvalue weighted by Crippen LogP contribution is -2.28. The molecule has 1 aromatic rings. The Morgan fingerprint density at radius 2 is 1.63 bits per heavy atom. The van der Waals surface area contributed by atoms with Crippen molar-refractivity contribution >= 4 is 31.9 Å². The van der Waals surface area contributed by atoms with Gasteiger partial charge >= 0.3 is 0 Å². The normalized spacial score (nSPS) is 27.3. The van der Waals surface area contributed by atoms with Crippen LogP contribution in [0.2, 0.25) is 0 Å². The highest BCUT2D eigenvalue weighted by Crippen LogP contribution is 2.38. The molecule has 2 unspecified atom stereocenters. The van der Waals surface area contributed by atoms with Gasteiger partial charge in [-0.05, 0) is 80.7 Å². The van der Waals surface area contributed by atoms with Crippen LogP contribution < -0.4 is 10.5 Å². The summed E-state index contributed by atoms with van der Waals surface area (Å²) in [5, 5.41) is 0.